The van der Waals surface area contributed by atoms with Crippen molar-refractivity contribution >= 4 is 29.3 Å². The summed E-state index contributed by atoms with van der Waals surface area (Å²) in [6, 6.07) is 10.1. The number of rotatable bonds is 5. The van der Waals surface area contributed by atoms with Gasteiger partial charge in [0.1, 0.15) is 0 Å². The number of nitrogens with zero attached hydrogens (tertiary/aromatic N) is 1. The normalized spacial score (nSPS) is 10.9. The van der Waals surface area contributed by atoms with Gasteiger partial charge in [-0.3, -0.25) is 30.6 Å². The predicted molar refractivity (Wildman–Crippen MR) is 90.9 cm³/mol. The zero-order valence-corrected chi connectivity index (χ0v) is 14.3. The van der Waals surface area contributed by atoms with Crippen LogP contribution in [0.4, 0.5) is 18.9 Å². The SMILES string of the molecule is O=C(CSc1ccc(C(F)(F)F)cc1[N+](=O)[O-])NNC(=O)c1ccccc1. The van der Waals surface area contributed by atoms with Crippen LogP contribution in [0.15, 0.2) is 53.4 Å². The van der Waals surface area contributed by atoms with Crippen LogP contribution < -0.4 is 10.9 Å². The second-order valence-electron chi connectivity index (χ2n) is 5.09. The van der Waals surface area contributed by atoms with Gasteiger partial charge in [-0.25, -0.2) is 0 Å². The Labute approximate surface area is 155 Å². The Balaban J connectivity index is 1.96. The minimum atomic E-state index is -4.72. The van der Waals surface area contributed by atoms with Crippen LogP contribution in [-0.2, 0) is 11.0 Å². The third-order valence-electron chi connectivity index (χ3n) is 3.19. The molecule has 0 aliphatic rings. The van der Waals surface area contributed by atoms with E-state index in [1.807, 2.05) is 0 Å². The van der Waals surface area contributed by atoms with Gasteiger partial charge in [-0.05, 0) is 24.3 Å². The minimum Gasteiger partial charge on any atom is -0.272 e. The largest absolute Gasteiger partial charge is 0.416 e. The van der Waals surface area contributed by atoms with Gasteiger partial charge < -0.3 is 0 Å². The van der Waals surface area contributed by atoms with E-state index >= 15 is 0 Å². The van der Waals surface area contributed by atoms with Crippen LogP contribution in [-0.4, -0.2) is 22.5 Å². The van der Waals surface area contributed by atoms with Gasteiger partial charge in [0.15, 0.2) is 0 Å². The minimum absolute atomic E-state index is 0.0995. The van der Waals surface area contributed by atoms with Gasteiger partial charge in [0.05, 0.1) is 21.1 Å². The van der Waals surface area contributed by atoms with E-state index in [2.05, 4.69) is 10.9 Å². The Morgan fingerprint density at radius 3 is 2.33 bits per heavy atom. The number of nitrogens with one attached hydrogen (secondary N) is 2. The number of hydrogen-bond acceptors (Lipinski definition) is 5. The maximum Gasteiger partial charge on any atom is 0.416 e. The van der Waals surface area contributed by atoms with Gasteiger partial charge in [-0.2, -0.15) is 13.2 Å². The summed E-state index contributed by atoms with van der Waals surface area (Å²) in [7, 11) is 0. The van der Waals surface area contributed by atoms with Crippen molar-refractivity contribution in [1.82, 2.24) is 10.9 Å². The molecule has 0 atom stereocenters. The van der Waals surface area contributed by atoms with Crippen LogP contribution in [0.3, 0.4) is 0 Å². The van der Waals surface area contributed by atoms with E-state index in [1.54, 1.807) is 18.2 Å². The van der Waals surface area contributed by atoms with Crippen molar-refractivity contribution in [3.05, 3.63) is 69.8 Å². The summed E-state index contributed by atoms with van der Waals surface area (Å²) in [5.41, 5.74) is 2.69. The van der Waals surface area contributed by atoms with E-state index in [0.29, 0.717) is 29.5 Å². The van der Waals surface area contributed by atoms with Crippen molar-refractivity contribution < 1.29 is 27.7 Å². The Morgan fingerprint density at radius 1 is 1.07 bits per heavy atom. The third kappa shape index (κ3) is 5.71. The van der Waals surface area contributed by atoms with Crippen LogP contribution in [0.2, 0.25) is 0 Å². The molecule has 2 rings (SSSR count). The zero-order valence-electron chi connectivity index (χ0n) is 13.4. The molecule has 2 aromatic carbocycles. The van der Waals surface area contributed by atoms with Crippen LogP contribution in [0, 0.1) is 10.1 Å². The van der Waals surface area contributed by atoms with E-state index in [1.165, 1.54) is 12.1 Å². The Morgan fingerprint density at radius 2 is 1.74 bits per heavy atom. The molecule has 2 amide bonds. The molecule has 27 heavy (non-hydrogen) atoms. The first kappa shape index (κ1) is 20.2. The first-order valence-electron chi connectivity index (χ1n) is 7.31. The molecule has 0 saturated carbocycles. The van der Waals surface area contributed by atoms with Gasteiger partial charge >= 0.3 is 6.18 Å². The molecule has 2 N–H and O–H groups in total. The summed E-state index contributed by atoms with van der Waals surface area (Å²) in [5.74, 6) is -1.59. The van der Waals surface area contributed by atoms with E-state index in [-0.39, 0.29) is 10.6 Å². The third-order valence-corrected chi connectivity index (χ3v) is 4.26. The van der Waals surface area contributed by atoms with Crippen molar-refractivity contribution in [3.8, 4) is 0 Å². The number of benzene rings is 2. The molecule has 0 aromatic heterocycles. The number of nitro groups is 1. The van der Waals surface area contributed by atoms with Crippen molar-refractivity contribution in [3.63, 3.8) is 0 Å². The van der Waals surface area contributed by atoms with Crippen molar-refractivity contribution in [2.75, 3.05) is 5.75 Å². The molecule has 7 nitrogen and oxygen atoms in total. The van der Waals surface area contributed by atoms with E-state index < -0.39 is 34.2 Å². The lowest BCUT2D eigenvalue weighted by atomic mass is 10.2. The van der Waals surface area contributed by atoms with E-state index in [9.17, 15) is 32.9 Å². The predicted octanol–water partition coefficient (Wildman–Crippen LogP) is 3.17. The average Bonchev–Trinajstić information content (AvgIpc) is 2.64. The average molecular weight is 399 g/mol. The van der Waals surface area contributed by atoms with Crippen molar-refractivity contribution in [2.45, 2.75) is 11.1 Å². The number of halogens is 3. The smallest absolute Gasteiger partial charge is 0.272 e. The van der Waals surface area contributed by atoms with Gasteiger partial charge in [0.25, 0.3) is 11.6 Å². The summed E-state index contributed by atoms with van der Waals surface area (Å²) in [4.78, 5) is 33.5. The molecule has 0 aliphatic heterocycles. The highest BCUT2D eigenvalue weighted by Crippen LogP contribution is 2.36. The van der Waals surface area contributed by atoms with Crippen molar-refractivity contribution in [1.29, 1.82) is 0 Å². The maximum absolute atomic E-state index is 12.7. The molecule has 0 heterocycles. The molecule has 0 unspecified atom stereocenters. The molecule has 142 valence electrons. The Kier molecular flexibility index (Phi) is 6.40. The summed E-state index contributed by atoms with van der Waals surface area (Å²) in [6.45, 7) is 0. The molecule has 11 heteroatoms. The molecule has 0 fully saturated rings. The molecule has 0 saturated heterocycles. The first-order valence-corrected chi connectivity index (χ1v) is 8.29. The number of carbonyl (C=O) groups excluding carboxylic acids is 2. The van der Waals surface area contributed by atoms with Crippen LogP contribution >= 0.6 is 11.8 Å². The van der Waals surface area contributed by atoms with Crippen LogP contribution in [0.1, 0.15) is 15.9 Å². The summed E-state index contributed by atoms with van der Waals surface area (Å²) < 4.78 is 38.0. The van der Waals surface area contributed by atoms with E-state index in [4.69, 9.17) is 0 Å². The topological polar surface area (TPSA) is 101 Å². The zero-order chi connectivity index (χ0) is 20.0. The first-order chi connectivity index (χ1) is 12.7. The summed E-state index contributed by atoms with van der Waals surface area (Å²) >= 11 is 0.678. The second-order valence-corrected chi connectivity index (χ2v) is 6.11. The monoisotopic (exact) mass is 399 g/mol. The molecule has 0 radical (unpaired) electrons. The van der Waals surface area contributed by atoms with Crippen molar-refractivity contribution in [2.24, 2.45) is 0 Å². The number of alkyl halides is 3. The lowest BCUT2D eigenvalue weighted by Crippen LogP contribution is -2.42. The number of nitro benzene ring substituents is 1. The highest BCUT2D eigenvalue weighted by Gasteiger charge is 2.33. The standard InChI is InChI=1S/C16H12F3N3O4S/c17-16(18,19)11-6-7-13(12(8-11)22(25)26)27-9-14(23)20-21-15(24)10-4-2-1-3-5-10/h1-8H,9H2,(H,20,23)(H,21,24). The number of thioether (sulfide) groups is 1. The lowest BCUT2D eigenvalue weighted by molar-refractivity contribution is -0.388. The lowest BCUT2D eigenvalue weighted by Gasteiger charge is -2.09. The highest BCUT2D eigenvalue weighted by atomic mass is 32.2. The number of hydrogen-bond donors (Lipinski definition) is 2. The summed E-state index contributed by atoms with van der Waals surface area (Å²) in [5, 5.41) is 11.0. The molecule has 0 aliphatic carbocycles. The number of amides is 2. The Bertz CT molecular complexity index is 860. The number of carbonyl (C=O) groups is 2. The fourth-order valence-corrected chi connectivity index (χ4v) is 2.73. The molecule has 2 aromatic rings. The van der Waals surface area contributed by atoms with Gasteiger partial charge in [0.2, 0.25) is 5.91 Å². The molecule has 0 spiro atoms. The van der Waals surface area contributed by atoms with Gasteiger partial charge in [-0.1, -0.05) is 18.2 Å². The second kappa shape index (κ2) is 8.54. The molecule has 0 bridgehead atoms. The fraction of sp³-hybridized carbons (Fsp3) is 0.125. The van der Waals surface area contributed by atoms with Crippen LogP contribution in [0.25, 0.3) is 0 Å². The highest BCUT2D eigenvalue weighted by molar-refractivity contribution is 8.00. The van der Waals surface area contributed by atoms with Crippen LogP contribution in [0.5, 0.6) is 0 Å². The maximum atomic E-state index is 12.7. The quantitative estimate of drug-likeness (QED) is 0.457. The van der Waals surface area contributed by atoms with Gasteiger partial charge in [-0.15, -0.1) is 11.8 Å². The molecular weight excluding hydrogens is 387 g/mol. The molecular formula is C16H12F3N3O4S. The fourth-order valence-electron chi connectivity index (χ4n) is 1.93. The van der Waals surface area contributed by atoms with E-state index in [0.717, 1.165) is 6.07 Å². The summed E-state index contributed by atoms with van der Waals surface area (Å²) in [6.07, 6.45) is -4.72. The Hall–Kier alpha value is -3.08. The number of hydrazine groups is 1. The van der Waals surface area contributed by atoms with Gasteiger partial charge in [0, 0.05) is 11.6 Å².